The van der Waals surface area contributed by atoms with Gasteiger partial charge in [0.05, 0.1) is 35.7 Å². The Bertz CT molecular complexity index is 778. The van der Waals surface area contributed by atoms with Crippen molar-refractivity contribution in [2.45, 2.75) is 39.9 Å². The average Bonchev–Trinajstić information content (AvgIpc) is 2.89. The van der Waals surface area contributed by atoms with E-state index in [2.05, 4.69) is 20.2 Å². The standard InChI is InChI=1S/C17H20N4O2/c1-10(2)22-12-5-6-13(16(7-12)23-11(3)4)17-20-14-8-18-19-9-15(14)21-17/h5-11H,1-4H3,(H,20,21). The van der Waals surface area contributed by atoms with Crippen LogP contribution in [0.25, 0.3) is 22.4 Å². The molecular weight excluding hydrogens is 292 g/mol. The summed E-state index contributed by atoms with van der Waals surface area (Å²) >= 11 is 0. The zero-order chi connectivity index (χ0) is 16.4. The number of aromatic nitrogens is 4. The highest BCUT2D eigenvalue weighted by Gasteiger charge is 2.14. The van der Waals surface area contributed by atoms with Crippen LogP contribution >= 0.6 is 0 Å². The van der Waals surface area contributed by atoms with E-state index in [4.69, 9.17) is 9.47 Å². The van der Waals surface area contributed by atoms with Gasteiger partial charge in [-0.1, -0.05) is 0 Å². The molecule has 0 radical (unpaired) electrons. The number of rotatable bonds is 5. The second-order valence-electron chi connectivity index (χ2n) is 5.86. The summed E-state index contributed by atoms with van der Waals surface area (Å²) < 4.78 is 11.7. The van der Waals surface area contributed by atoms with Crippen LogP contribution in [0.1, 0.15) is 27.7 Å². The molecule has 2 aromatic heterocycles. The van der Waals surface area contributed by atoms with Crippen molar-refractivity contribution in [3.8, 4) is 22.9 Å². The third-order valence-electron chi connectivity index (χ3n) is 3.14. The lowest BCUT2D eigenvalue weighted by Gasteiger charge is -2.16. The Morgan fingerprint density at radius 2 is 1.70 bits per heavy atom. The fourth-order valence-corrected chi connectivity index (χ4v) is 2.30. The molecule has 0 saturated heterocycles. The summed E-state index contributed by atoms with van der Waals surface area (Å²) in [5.41, 5.74) is 2.49. The lowest BCUT2D eigenvalue weighted by Crippen LogP contribution is -2.09. The first-order valence-corrected chi connectivity index (χ1v) is 7.67. The van der Waals surface area contributed by atoms with E-state index >= 15 is 0 Å². The lowest BCUT2D eigenvalue weighted by molar-refractivity contribution is 0.230. The molecule has 6 heteroatoms. The summed E-state index contributed by atoms with van der Waals surface area (Å²) in [6, 6.07) is 5.78. The van der Waals surface area contributed by atoms with Crippen LogP contribution in [0.3, 0.4) is 0 Å². The predicted molar refractivity (Wildman–Crippen MR) is 88.6 cm³/mol. The van der Waals surface area contributed by atoms with E-state index in [0.29, 0.717) is 0 Å². The smallest absolute Gasteiger partial charge is 0.142 e. The summed E-state index contributed by atoms with van der Waals surface area (Å²) in [7, 11) is 0. The van der Waals surface area contributed by atoms with Gasteiger partial charge in [-0.2, -0.15) is 10.2 Å². The lowest BCUT2D eigenvalue weighted by atomic mass is 10.1. The van der Waals surface area contributed by atoms with Crippen molar-refractivity contribution in [1.29, 1.82) is 0 Å². The third-order valence-corrected chi connectivity index (χ3v) is 3.14. The summed E-state index contributed by atoms with van der Waals surface area (Å²) in [4.78, 5) is 7.81. The summed E-state index contributed by atoms with van der Waals surface area (Å²) in [5.74, 6) is 2.23. The molecule has 1 aromatic carbocycles. The van der Waals surface area contributed by atoms with Gasteiger partial charge >= 0.3 is 0 Å². The SMILES string of the molecule is CC(C)Oc1ccc(-c2nc3cnncc3[nH]2)c(OC(C)C)c1. The first-order valence-electron chi connectivity index (χ1n) is 7.67. The number of H-pyrrole nitrogens is 1. The Morgan fingerprint density at radius 3 is 2.39 bits per heavy atom. The van der Waals surface area contributed by atoms with Crippen molar-refractivity contribution in [2.75, 3.05) is 0 Å². The van der Waals surface area contributed by atoms with Gasteiger partial charge in [0, 0.05) is 6.07 Å². The van der Waals surface area contributed by atoms with Crippen molar-refractivity contribution in [2.24, 2.45) is 0 Å². The van der Waals surface area contributed by atoms with Crippen molar-refractivity contribution in [3.05, 3.63) is 30.6 Å². The monoisotopic (exact) mass is 312 g/mol. The van der Waals surface area contributed by atoms with Crippen molar-refractivity contribution < 1.29 is 9.47 Å². The Hall–Kier alpha value is -2.63. The highest BCUT2D eigenvalue weighted by molar-refractivity contribution is 5.79. The molecule has 1 N–H and O–H groups in total. The minimum absolute atomic E-state index is 0.0516. The van der Waals surface area contributed by atoms with E-state index in [1.807, 2.05) is 45.9 Å². The maximum Gasteiger partial charge on any atom is 0.142 e. The number of benzene rings is 1. The number of hydrogen-bond donors (Lipinski definition) is 1. The maximum atomic E-state index is 5.95. The maximum absolute atomic E-state index is 5.95. The van der Waals surface area contributed by atoms with Crippen LogP contribution in [-0.2, 0) is 0 Å². The van der Waals surface area contributed by atoms with Crippen molar-refractivity contribution >= 4 is 11.0 Å². The van der Waals surface area contributed by atoms with E-state index < -0.39 is 0 Å². The fourth-order valence-electron chi connectivity index (χ4n) is 2.30. The van der Waals surface area contributed by atoms with Gasteiger partial charge in [0.15, 0.2) is 0 Å². The van der Waals surface area contributed by atoms with E-state index in [0.717, 1.165) is 33.9 Å². The number of hydrogen-bond acceptors (Lipinski definition) is 5. The van der Waals surface area contributed by atoms with E-state index in [1.54, 1.807) is 12.4 Å². The number of nitrogens with one attached hydrogen (secondary N) is 1. The second-order valence-corrected chi connectivity index (χ2v) is 5.86. The second kappa shape index (κ2) is 6.24. The molecule has 0 fully saturated rings. The van der Waals surface area contributed by atoms with E-state index in [9.17, 15) is 0 Å². The molecule has 0 aliphatic rings. The van der Waals surface area contributed by atoms with Gasteiger partial charge in [-0.3, -0.25) is 0 Å². The Kier molecular flexibility index (Phi) is 4.14. The van der Waals surface area contributed by atoms with Crippen LogP contribution in [0.2, 0.25) is 0 Å². The molecule has 23 heavy (non-hydrogen) atoms. The molecular formula is C17H20N4O2. The normalized spacial score (nSPS) is 11.4. The molecule has 3 aromatic rings. The number of nitrogens with zero attached hydrogens (tertiary/aromatic N) is 3. The molecule has 120 valence electrons. The number of aromatic amines is 1. The van der Waals surface area contributed by atoms with Gasteiger partial charge in [-0.05, 0) is 39.8 Å². The van der Waals surface area contributed by atoms with Crippen molar-refractivity contribution in [3.63, 3.8) is 0 Å². The Balaban J connectivity index is 2.05. The molecule has 0 aliphatic heterocycles. The van der Waals surface area contributed by atoms with Crippen LogP contribution in [0.5, 0.6) is 11.5 Å². The summed E-state index contributed by atoms with van der Waals surface area (Å²) in [5, 5.41) is 7.72. The summed E-state index contributed by atoms with van der Waals surface area (Å²) in [6.07, 6.45) is 3.45. The van der Waals surface area contributed by atoms with Crippen LogP contribution < -0.4 is 9.47 Å². The van der Waals surface area contributed by atoms with E-state index in [1.165, 1.54) is 0 Å². The van der Waals surface area contributed by atoms with Crippen LogP contribution in [0, 0.1) is 0 Å². The van der Waals surface area contributed by atoms with Crippen LogP contribution in [0.4, 0.5) is 0 Å². The average molecular weight is 312 g/mol. The topological polar surface area (TPSA) is 72.9 Å². The zero-order valence-electron chi connectivity index (χ0n) is 13.7. The number of fused-ring (bicyclic) bond motifs is 1. The Morgan fingerprint density at radius 1 is 0.957 bits per heavy atom. The molecule has 3 rings (SSSR count). The molecule has 2 heterocycles. The molecule has 0 unspecified atom stereocenters. The van der Waals surface area contributed by atoms with Crippen molar-refractivity contribution in [1.82, 2.24) is 20.2 Å². The molecule has 0 atom stereocenters. The number of ether oxygens (including phenoxy) is 2. The van der Waals surface area contributed by atoms with Gasteiger partial charge in [0.25, 0.3) is 0 Å². The van der Waals surface area contributed by atoms with Crippen LogP contribution in [-0.4, -0.2) is 32.4 Å². The predicted octanol–water partition coefficient (Wildman–Crippen LogP) is 3.59. The molecule has 0 amide bonds. The highest BCUT2D eigenvalue weighted by Crippen LogP contribution is 2.33. The first-order chi connectivity index (χ1) is 11.0. The molecule has 0 saturated carbocycles. The molecule has 6 nitrogen and oxygen atoms in total. The first kappa shape index (κ1) is 15.3. The molecule has 0 spiro atoms. The van der Waals surface area contributed by atoms with Gasteiger partial charge in [-0.25, -0.2) is 4.98 Å². The molecule has 0 aliphatic carbocycles. The third kappa shape index (κ3) is 3.41. The van der Waals surface area contributed by atoms with Crippen LogP contribution in [0.15, 0.2) is 30.6 Å². The van der Waals surface area contributed by atoms with Gasteiger partial charge in [-0.15, -0.1) is 0 Å². The highest BCUT2D eigenvalue weighted by atomic mass is 16.5. The van der Waals surface area contributed by atoms with E-state index in [-0.39, 0.29) is 12.2 Å². The minimum atomic E-state index is 0.0516. The minimum Gasteiger partial charge on any atom is -0.491 e. The zero-order valence-corrected chi connectivity index (χ0v) is 13.7. The Labute approximate surface area is 134 Å². The van der Waals surface area contributed by atoms with Gasteiger partial charge in [0.2, 0.25) is 0 Å². The molecule has 0 bridgehead atoms. The largest absolute Gasteiger partial charge is 0.491 e. The quantitative estimate of drug-likeness (QED) is 0.779. The van der Waals surface area contributed by atoms with Gasteiger partial charge in [0.1, 0.15) is 22.8 Å². The number of imidazole rings is 1. The summed E-state index contributed by atoms with van der Waals surface area (Å²) in [6.45, 7) is 7.98. The van der Waals surface area contributed by atoms with Gasteiger partial charge < -0.3 is 14.5 Å². The fraction of sp³-hybridized carbons (Fsp3) is 0.353.